The van der Waals surface area contributed by atoms with Gasteiger partial charge in [0.05, 0.1) is 11.4 Å². The highest BCUT2D eigenvalue weighted by Crippen LogP contribution is 2.40. The summed E-state index contributed by atoms with van der Waals surface area (Å²) in [5.74, 6) is -0.315. The van der Waals surface area contributed by atoms with Crippen molar-refractivity contribution >= 4 is 34.8 Å². The van der Waals surface area contributed by atoms with Crippen molar-refractivity contribution < 1.29 is 14.4 Å². The molecule has 0 spiro atoms. The quantitative estimate of drug-likeness (QED) is 0.779. The number of fused-ring (bicyclic) bond motifs is 3. The van der Waals surface area contributed by atoms with Crippen molar-refractivity contribution in [2.75, 3.05) is 41.3 Å². The lowest BCUT2D eigenvalue weighted by Crippen LogP contribution is -2.56. The zero-order valence-electron chi connectivity index (χ0n) is 19.0. The van der Waals surface area contributed by atoms with Crippen LogP contribution in [0.25, 0.3) is 0 Å². The summed E-state index contributed by atoms with van der Waals surface area (Å²) in [5.41, 5.74) is 3.87. The van der Waals surface area contributed by atoms with Crippen LogP contribution in [0.4, 0.5) is 17.1 Å². The molecule has 0 saturated carbocycles. The number of rotatable bonds is 4. The van der Waals surface area contributed by atoms with Gasteiger partial charge in [0.1, 0.15) is 12.6 Å². The second kappa shape index (κ2) is 8.89. The number of piperidine rings is 1. The lowest BCUT2D eigenvalue weighted by molar-refractivity contribution is -0.123. The molecule has 0 radical (unpaired) electrons. The molecule has 0 aromatic heterocycles. The lowest BCUT2D eigenvalue weighted by Gasteiger charge is -2.45. The highest BCUT2D eigenvalue weighted by Gasteiger charge is 2.40. The molecule has 1 unspecified atom stereocenters. The third kappa shape index (κ3) is 4.08. The minimum Gasteiger partial charge on any atom is -0.358 e. The molecule has 2 fully saturated rings. The SMILES string of the molecule is Cc1ccccc1NC(=O)CN1C(=O)C2CCCCN2c2ccc(C(=O)N3CCCC3)cc21. The summed E-state index contributed by atoms with van der Waals surface area (Å²) in [5, 5.41) is 2.94. The third-order valence-electron chi connectivity index (χ3n) is 6.99. The van der Waals surface area contributed by atoms with Gasteiger partial charge in [0.25, 0.3) is 5.91 Å². The number of carbonyl (C=O) groups excluding carboxylic acids is 3. The van der Waals surface area contributed by atoms with Crippen LogP contribution in [0.3, 0.4) is 0 Å². The van der Waals surface area contributed by atoms with E-state index in [1.807, 2.05) is 48.2 Å². The minimum absolute atomic E-state index is 0.00664. The van der Waals surface area contributed by atoms with Crippen molar-refractivity contribution in [3.63, 3.8) is 0 Å². The van der Waals surface area contributed by atoms with E-state index in [2.05, 4.69) is 10.2 Å². The number of aryl methyl sites for hydroxylation is 1. The van der Waals surface area contributed by atoms with Crippen LogP contribution in [-0.4, -0.2) is 54.8 Å². The largest absolute Gasteiger partial charge is 0.358 e. The Morgan fingerprint density at radius 2 is 1.73 bits per heavy atom. The van der Waals surface area contributed by atoms with Crippen LogP contribution in [0, 0.1) is 6.92 Å². The fourth-order valence-electron chi connectivity index (χ4n) is 5.20. The van der Waals surface area contributed by atoms with Crippen molar-refractivity contribution in [3.8, 4) is 0 Å². The molecular weight excluding hydrogens is 416 g/mol. The van der Waals surface area contributed by atoms with Gasteiger partial charge in [-0.25, -0.2) is 0 Å². The van der Waals surface area contributed by atoms with Gasteiger partial charge in [-0.3, -0.25) is 19.3 Å². The van der Waals surface area contributed by atoms with Gasteiger partial charge in [0.2, 0.25) is 11.8 Å². The molecule has 172 valence electrons. The first-order valence-electron chi connectivity index (χ1n) is 11.9. The molecule has 7 nitrogen and oxygen atoms in total. The fourth-order valence-corrected chi connectivity index (χ4v) is 5.20. The summed E-state index contributed by atoms with van der Waals surface area (Å²) in [7, 11) is 0. The van der Waals surface area contributed by atoms with Gasteiger partial charge >= 0.3 is 0 Å². The number of benzene rings is 2. The maximum absolute atomic E-state index is 13.5. The van der Waals surface area contributed by atoms with Gasteiger partial charge in [-0.15, -0.1) is 0 Å². The highest BCUT2D eigenvalue weighted by atomic mass is 16.2. The van der Waals surface area contributed by atoms with Crippen LogP contribution in [0.2, 0.25) is 0 Å². The Morgan fingerprint density at radius 1 is 0.970 bits per heavy atom. The van der Waals surface area contributed by atoms with Crippen LogP contribution in [0.1, 0.15) is 48.0 Å². The maximum atomic E-state index is 13.5. The molecule has 1 atom stereocenters. The Bertz CT molecular complexity index is 1090. The number of carbonyl (C=O) groups is 3. The van der Waals surface area contributed by atoms with Gasteiger partial charge in [-0.1, -0.05) is 18.2 Å². The van der Waals surface area contributed by atoms with Crippen LogP contribution in [0.15, 0.2) is 42.5 Å². The first-order valence-corrected chi connectivity index (χ1v) is 11.9. The van der Waals surface area contributed by atoms with E-state index in [0.717, 1.165) is 68.7 Å². The van der Waals surface area contributed by atoms with Crippen molar-refractivity contribution in [2.24, 2.45) is 0 Å². The molecule has 2 aromatic rings. The summed E-state index contributed by atoms with van der Waals surface area (Å²) in [6, 6.07) is 13.0. The zero-order chi connectivity index (χ0) is 22.9. The van der Waals surface area contributed by atoms with Crippen LogP contribution in [-0.2, 0) is 9.59 Å². The van der Waals surface area contributed by atoms with Crippen LogP contribution in [0.5, 0.6) is 0 Å². The van der Waals surface area contributed by atoms with E-state index < -0.39 is 0 Å². The molecule has 1 N–H and O–H groups in total. The summed E-state index contributed by atoms with van der Waals surface area (Å²) in [6.07, 6.45) is 4.86. The smallest absolute Gasteiger partial charge is 0.253 e. The zero-order valence-corrected chi connectivity index (χ0v) is 19.0. The first-order chi connectivity index (χ1) is 16.0. The monoisotopic (exact) mass is 446 g/mol. The van der Waals surface area contributed by atoms with Crippen LogP contribution >= 0.6 is 0 Å². The average molecular weight is 447 g/mol. The third-order valence-corrected chi connectivity index (χ3v) is 6.99. The Labute approximate surface area is 194 Å². The van der Waals surface area contributed by atoms with Gasteiger partial charge < -0.3 is 15.1 Å². The highest BCUT2D eigenvalue weighted by molar-refractivity contribution is 6.11. The molecule has 3 amide bonds. The molecule has 33 heavy (non-hydrogen) atoms. The average Bonchev–Trinajstić information content (AvgIpc) is 3.37. The topological polar surface area (TPSA) is 73.0 Å². The van der Waals surface area contributed by atoms with Gasteiger partial charge in [-0.05, 0) is 68.9 Å². The van der Waals surface area contributed by atoms with Crippen molar-refractivity contribution in [3.05, 3.63) is 53.6 Å². The van der Waals surface area contributed by atoms with Gasteiger partial charge in [0.15, 0.2) is 0 Å². The number of hydrogen-bond acceptors (Lipinski definition) is 4. The van der Waals surface area contributed by atoms with Gasteiger partial charge in [-0.2, -0.15) is 0 Å². The molecule has 0 bridgehead atoms. The second-order valence-electron chi connectivity index (χ2n) is 9.20. The van der Waals surface area contributed by atoms with E-state index in [4.69, 9.17) is 0 Å². The molecule has 2 saturated heterocycles. The standard InChI is InChI=1S/C26H30N4O3/c1-18-8-2-3-9-20(18)27-24(31)17-30-23-16-19(25(32)28-13-6-7-14-28)11-12-21(23)29-15-5-4-10-22(29)26(30)33/h2-3,8-9,11-12,16,22H,4-7,10,13-15,17H2,1H3,(H,27,31). The van der Waals surface area contributed by atoms with E-state index >= 15 is 0 Å². The minimum atomic E-state index is -0.252. The van der Waals surface area contributed by atoms with E-state index in [-0.39, 0.29) is 30.3 Å². The Kier molecular flexibility index (Phi) is 5.79. The lowest BCUT2D eigenvalue weighted by atomic mass is 9.95. The predicted molar refractivity (Wildman–Crippen MR) is 129 cm³/mol. The fraction of sp³-hybridized carbons (Fsp3) is 0.423. The molecule has 3 heterocycles. The maximum Gasteiger partial charge on any atom is 0.253 e. The molecular formula is C26H30N4O3. The number of para-hydroxylation sites is 1. The van der Waals surface area contributed by atoms with E-state index in [1.54, 1.807) is 11.0 Å². The molecule has 0 aliphatic carbocycles. The number of amides is 3. The number of nitrogens with one attached hydrogen (secondary N) is 1. The van der Waals surface area contributed by atoms with Crippen molar-refractivity contribution in [1.82, 2.24) is 4.90 Å². The predicted octanol–water partition coefficient (Wildman–Crippen LogP) is 3.58. The molecule has 3 aliphatic rings. The van der Waals surface area contributed by atoms with Crippen LogP contribution < -0.4 is 15.1 Å². The number of anilines is 3. The number of hydrogen-bond donors (Lipinski definition) is 1. The summed E-state index contributed by atoms with van der Waals surface area (Å²) < 4.78 is 0. The number of nitrogens with zero attached hydrogens (tertiary/aromatic N) is 3. The van der Waals surface area contributed by atoms with Crippen molar-refractivity contribution in [2.45, 2.75) is 45.1 Å². The Morgan fingerprint density at radius 3 is 2.52 bits per heavy atom. The normalized spacial score (nSPS) is 19.8. The van der Waals surface area contributed by atoms with E-state index in [9.17, 15) is 14.4 Å². The summed E-state index contributed by atoms with van der Waals surface area (Å²) >= 11 is 0. The van der Waals surface area contributed by atoms with E-state index in [1.165, 1.54) is 0 Å². The summed E-state index contributed by atoms with van der Waals surface area (Å²) in [4.78, 5) is 45.1. The molecule has 5 rings (SSSR count). The van der Waals surface area contributed by atoms with E-state index in [0.29, 0.717) is 11.3 Å². The Hall–Kier alpha value is -3.35. The molecule has 7 heteroatoms. The molecule has 2 aromatic carbocycles. The first kappa shape index (κ1) is 21.5. The van der Waals surface area contributed by atoms with Crippen molar-refractivity contribution in [1.29, 1.82) is 0 Å². The summed E-state index contributed by atoms with van der Waals surface area (Å²) in [6.45, 7) is 4.21. The molecule has 3 aliphatic heterocycles. The van der Waals surface area contributed by atoms with Gasteiger partial charge in [0, 0.05) is 30.9 Å². The number of likely N-dealkylation sites (tertiary alicyclic amines) is 1. The second-order valence-corrected chi connectivity index (χ2v) is 9.20. The Balaban J connectivity index is 1.46.